The zero-order valence-corrected chi connectivity index (χ0v) is 16.5. The molecule has 25 heavy (non-hydrogen) atoms. The molecule has 0 spiro atoms. The molecule has 0 bridgehead atoms. The molecule has 3 N–H and O–H groups in total. The number of nitrogens with zero attached hydrogens (tertiary/aromatic N) is 1. The van der Waals surface area contributed by atoms with Crippen LogP contribution in [0.15, 0.2) is 22.8 Å². The number of piperidine rings is 1. The van der Waals surface area contributed by atoms with Crippen molar-refractivity contribution in [3.63, 3.8) is 0 Å². The van der Waals surface area contributed by atoms with Crippen LogP contribution in [-0.2, 0) is 10.0 Å². The number of aromatic nitrogens is 1. The minimum atomic E-state index is -3.14. The number of fused-ring (bicyclic) bond motifs is 1. The summed E-state index contributed by atoms with van der Waals surface area (Å²) in [5, 5.41) is 0.970. The molecule has 3 rings (SSSR count). The van der Waals surface area contributed by atoms with Crippen LogP contribution in [0, 0.1) is 0 Å². The molecule has 1 fully saturated rings. The highest BCUT2D eigenvalue weighted by molar-refractivity contribution is 9.10. The number of sulfonamides is 1. The number of aromatic amines is 1. The van der Waals surface area contributed by atoms with E-state index in [1.54, 1.807) is 10.4 Å². The number of carbonyl (C=O) groups is 1. The third-order valence-electron chi connectivity index (χ3n) is 4.80. The molecule has 1 aliphatic heterocycles. The molecule has 1 saturated heterocycles. The second-order valence-electron chi connectivity index (χ2n) is 6.47. The molecule has 1 aliphatic rings. The monoisotopic (exact) mass is 427 g/mol. The summed E-state index contributed by atoms with van der Waals surface area (Å²) in [4.78, 5) is 14.8. The molecule has 0 unspecified atom stereocenters. The van der Waals surface area contributed by atoms with Crippen LogP contribution in [0.1, 0.15) is 48.0 Å². The van der Waals surface area contributed by atoms with Crippen LogP contribution in [-0.4, -0.2) is 42.5 Å². The van der Waals surface area contributed by atoms with Gasteiger partial charge in [-0.3, -0.25) is 4.79 Å². The molecule has 2 aromatic rings. The van der Waals surface area contributed by atoms with Gasteiger partial charge in [0, 0.05) is 29.1 Å². The van der Waals surface area contributed by atoms with E-state index in [9.17, 15) is 13.2 Å². The van der Waals surface area contributed by atoms with E-state index < -0.39 is 15.9 Å². The highest BCUT2D eigenvalue weighted by Crippen LogP contribution is 2.36. The van der Waals surface area contributed by atoms with Gasteiger partial charge < -0.3 is 10.7 Å². The predicted molar refractivity (Wildman–Crippen MR) is 102 cm³/mol. The van der Waals surface area contributed by atoms with Crippen LogP contribution in [0.2, 0.25) is 0 Å². The van der Waals surface area contributed by atoms with Gasteiger partial charge in [-0.05, 0) is 42.9 Å². The zero-order valence-electron chi connectivity index (χ0n) is 14.1. The smallest absolute Gasteiger partial charge is 0.250 e. The molecule has 2 heterocycles. The lowest BCUT2D eigenvalue weighted by atomic mass is 9.89. The Bertz CT molecular complexity index is 899. The second kappa shape index (κ2) is 7.09. The molecule has 6 nitrogen and oxygen atoms in total. The number of nitrogens with two attached hydrogens (primary N) is 1. The summed E-state index contributed by atoms with van der Waals surface area (Å²) in [6.45, 7) is 2.96. The summed E-state index contributed by atoms with van der Waals surface area (Å²) in [6, 6.07) is 3.69. The number of carbonyl (C=O) groups excluding carboxylic acids is 1. The standard InChI is InChI=1S/C17H22BrN3O3S/c1-2-7-25(23,24)21-5-3-11(4-6-21)15-10-20-16-13(15)8-12(18)9-14(16)17(19)22/h8-11,20H,2-7H2,1H3,(H2,19,22). The number of primary amides is 1. The molecule has 136 valence electrons. The minimum Gasteiger partial charge on any atom is -0.366 e. The maximum Gasteiger partial charge on any atom is 0.250 e. The summed E-state index contributed by atoms with van der Waals surface area (Å²) in [5.41, 5.74) is 7.79. The lowest BCUT2D eigenvalue weighted by Crippen LogP contribution is -2.39. The van der Waals surface area contributed by atoms with Crippen molar-refractivity contribution in [3.8, 4) is 0 Å². The third-order valence-corrected chi connectivity index (χ3v) is 7.33. The highest BCUT2D eigenvalue weighted by Gasteiger charge is 2.29. The van der Waals surface area contributed by atoms with Crippen LogP contribution in [0.3, 0.4) is 0 Å². The molecule has 0 saturated carbocycles. The first kappa shape index (κ1) is 18.4. The largest absolute Gasteiger partial charge is 0.366 e. The summed E-state index contributed by atoms with van der Waals surface area (Å²) < 4.78 is 26.8. The number of amides is 1. The lowest BCUT2D eigenvalue weighted by molar-refractivity contribution is 0.100. The van der Waals surface area contributed by atoms with Crippen LogP contribution < -0.4 is 5.73 Å². The van der Waals surface area contributed by atoms with Crippen molar-refractivity contribution in [2.75, 3.05) is 18.8 Å². The first-order chi connectivity index (χ1) is 11.8. The Morgan fingerprint density at radius 2 is 2.04 bits per heavy atom. The number of H-pyrrole nitrogens is 1. The topological polar surface area (TPSA) is 96.3 Å². The molecule has 0 aliphatic carbocycles. The van der Waals surface area contributed by atoms with Crippen molar-refractivity contribution >= 4 is 42.8 Å². The summed E-state index contributed by atoms with van der Waals surface area (Å²) in [5.74, 6) is -0.00308. The maximum atomic E-state index is 12.2. The van der Waals surface area contributed by atoms with Gasteiger partial charge in [0.15, 0.2) is 0 Å². The van der Waals surface area contributed by atoms with Gasteiger partial charge >= 0.3 is 0 Å². The van der Waals surface area contributed by atoms with E-state index in [0.29, 0.717) is 25.1 Å². The van der Waals surface area contributed by atoms with Gasteiger partial charge in [0.25, 0.3) is 5.91 Å². The van der Waals surface area contributed by atoms with Gasteiger partial charge in [0.05, 0.1) is 16.8 Å². The van der Waals surface area contributed by atoms with E-state index >= 15 is 0 Å². The summed E-state index contributed by atoms with van der Waals surface area (Å²) in [7, 11) is -3.14. The van der Waals surface area contributed by atoms with Crippen molar-refractivity contribution in [1.29, 1.82) is 0 Å². The number of hydrogen-bond donors (Lipinski definition) is 2. The van der Waals surface area contributed by atoms with E-state index in [-0.39, 0.29) is 11.7 Å². The molecule has 1 aromatic heterocycles. The first-order valence-corrected chi connectivity index (χ1v) is 10.8. The van der Waals surface area contributed by atoms with Gasteiger partial charge in [0.2, 0.25) is 10.0 Å². The molecule has 1 aromatic carbocycles. The van der Waals surface area contributed by atoms with Crippen molar-refractivity contribution in [2.45, 2.75) is 32.1 Å². The number of rotatable bonds is 5. The van der Waals surface area contributed by atoms with Crippen LogP contribution in [0.25, 0.3) is 10.9 Å². The van der Waals surface area contributed by atoms with Gasteiger partial charge in [-0.1, -0.05) is 22.9 Å². The number of halogens is 1. The Hall–Kier alpha value is -1.38. The van der Waals surface area contributed by atoms with E-state index in [0.717, 1.165) is 33.8 Å². The van der Waals surface area contributed by atoms with E-state index in [1.807, 2.05) is 19.2 Å². The average molecular weight is 428 g/mol. The molecule has 1 amide bonds. The Morgan fingerprint density at radius 1 is 1.36 bits per heavy atom. The second-order valence-corrected chi connectivity index (χ2v) is 9.48. The lowest BCUT2D eigenvalue weighted by Gasteiger charge is -2.31. The van der Waals surface area contributed by atoms with Gasteiger partial charge in [0.1, 0.15) is 0 Å². The Kier molecular flexibility index (Phi) is 5.22. The molecule has 8 heteroatoms. The SMILES string of the molecule is CCCS(=O)(=O)N1CCC(c2c[nH]c3c(C(N)=O)cc(Br)cc23)CC1. The predicted octanol–water partition coefficient (Wildman–Crippen LogP) is 2.95. The fraction of sp³-hybridized carbons (Fsp3) is 0.471. The number of nitrogens with one attached hydrogen (secondary N) is 1. The van der Waals surface area contributed by atoms with Crippen molar-refractivity contribution < 1.29 is 13.2 Å². The van der Waals surface area contributed by atoms with Crippen molar-refractivity contribution in [3.05, 3.63) is 33.9 Å². The minimum absolute atomic E-state index is 0.208. The average Bonchev–Trinajstić information content (AvgIpc) is 2.97. The molecule has 0 atom stereocenters. The Morgan fingerprint density at radius 3 is 2.64 bits per heavy atom. The molecule has 0 radical (unpaired) electrons. The van der Waals surface area contributed by atoms with Crippen molar-refractivity contribution in [1.82, 2.24) is 9.29 Å². The Balaban J connectivity index is 1.86. The van der Waals surface area contributed by atoms with Gasteiger partial charge in [-0.25, -0.2) is 12.7 Å². The fourth-order valence-electron chi connectivity index (χ4n) is 3.58. The summed E-state index contributed by atoms with van der Waals surface area (Å²) >= 11 is 3.44. The summed E-state index contributed by atoms with van der Waals surface area (Å²) in [6.07, 6.45) is 4.10. The normalized spacial score (nSPS) is 17.2. The Labute approximate surface area is 155 Å². The highest BCUT2D eigenvalue weighted by atomic mass is 79.9. The van der Waals surface area contributed by atoms with Gasteiger partial charge in [-0.15, -0.1) is 0 Å². The van der Waals surface area contributed by atoms with Gasteiger partial charge in [-0.2, -0.15) is 0 Å². The maximum absolute atomic E-state index is 12.2. The number of benzene rings is 1. The molecular formula is C17H22BrN3O3S. The van der Waals surface area contributed by atoms with Crippen LogP contribution in [0.4, 0.5) is 0 Å². The van der Waals surface area contributed by atoms with Crippen molar-refractivity contribution in [2.24, 2.45) is 5.73 Å². The van der Waals surface area contributed by atoms with E-state index in [2.05, 4.69) is 20.9 Å². The van der Waals surface area contributed by atoms with Crippen LogP contribution >= 0.6 is 15.9 Å². The third kappa shape index (κ3) is 3.61. The number of hydrogen-bond acceptors (Lipinski definition) is 3. The fourth-order valence-corrected chi connectivity index (χ4v) is 5.58. The first-order valence-electron chi connectivity index (χ1n) is 8.41. The quantitative estimate of drug-likeness (QED) is 0.767. The van der Waals surface area contributed by atoms with E-state index in [1.165, 1.54) is 0 Å². The molecular weight excluding hydrogens is 406 g/mol. The van der Waals surface area contributed by atoms with E-state index in [4.69, 9.17) is 5.73 Å². The van der Waals surface area contributed by atoms with Crippen LogP contribution in [0.5, 0.6) is 0 Å². The zero-order chi connectivity index (χ0) is 18.2.